The molecule has 0 unspecified atom stereocenters. The molecule has 0 radical (unpaired) electrons. The lowest BCUT2D eigenvalue weighted by atomic mass is 9.49. The van der Waals surface area contributed by atoms with Crippen molar-refractivity contribution in [2.24, 2.45) is 35.0 Å². The molecule has 4 rings (SSSR count). The quantitative estimate of drug-likeness (QED) is 0.422. The van der Waals surface area contributed by atoms with Crippen molar-refractivity contribution in [3.8, 4) is 6.07 Å². The fraction of sp³-hybridized carbons (Fsp3) is 0.833. The lowest BCUT2D eigenvalue weighted by Gasteiger charge is -2.56. The molecule has 0 amide bonds. The first kappa shape index (κ1) is 20.0. The van der Waals surface area contributed by atoms with Crippen LogP contribution in [0.25, 0.3) is 0 Å². The summed E-state index contributed by atoms with van der Waals surface area (Å²) in [5, 5.41) is 20.2. The highest BCUT2D eigenvalue weighted by Gasteiger charge is 2.56. The summed E-state index contributed by atoms with van der Waals surface area (Å²) < 4.78 is 5.19. The molecule has 4 aliphatic rings. The second-order valence-corrected chi connectivity index (χ2v) is 10.4. The molecule has 0 aromatic rings. The predicted molar refractivity (Wildman–Crippen MR) is 107 cm³/mol. The summed E-state index contributed by atoms with van der Waals surface area (Å²) in [7, 11) is 0. The van der Waals surface area contributed by atoms with Gasteiger partial charge in [-0.25, -0.2) is 4.79 Å². The third kappa shape index (κ3) is 3.11. The SMILES string of the molecule is CCOC(=O)/C(C#N)=C1\CC[C@H]2[C@@H]3CC[C@@H]4C[C@](C)(O)CC[C@@H]4[C@H]3CC[C@]12C. The number of rotatable bonds is 2. The van der Waals surface area contributed by atoms with E-state index in [4.69, 9.17) is 4.74 Å². The van der Waals surface area contributed by atoms with E-state index in [0.29, 0.717) is 24.4 Å². The third-order valence-corrected chi connectivity index (χ3v) is 8.91. The number of nitriles is 1. The highest BCUT2D eigenvalue weighted by Crippen LogP contribution is 2.64. The van der Waals surface area contributed by atoms with E-state index in [1.165, 1.54) is 19.3 Å². The Morgan fingerprint density at radius 2 is 1.89 bits per heavy atom. The minimum atomic E-state index is -0.470. The highest BCUT2D eigenvalue weighted by atomic mass is 16.5. The van der Waals surface area contributed by atoms with Gasteiger partial charge in [0.1, 0.15) is 11.6 Å². The lowest BCUT2D eigenvalue weighted by molar-refractivity contribution is -0.138. The normalized spacial score (nSPS) is 46.6. The van der Waals surface area contributed by atoms with Crippen molar-refractivity contribution >= 4 is 5.97 Å². The summed E-state index contributed by atoms with van der Waals surface area (Å²) in [4.78, 5) is 12.4. The molecular weight excluding hydrogens is 350 g/mol. The lowest BCUT2D eigenvalue weighted by Crippen LogP contribution is -2.49. The standard InChI is InChI=1S/C24H35NO3/c1-4-28-22(26)19(14-25)21-8-7-20-18-6-5-15-13-23(2,27)11-9-16(15)17(18)10-12-24(20,21)3/h15-18,20,27H,4-13H2,1-3H3/b21-19+/t15-,16+,17-,18-,20+,23-,24+/m1/s1. The number of hydrogen-bond donors (Lipinski definition) is 1. The third-order valence-electron chi connectivity index (χ3n) is 8.91. The van der Waals surface area contributed by atoms with Crippen LogP contribution in [0.4, 0.5) is 0 Å². The maximum Gasteiger partial charge on any atom is 0.348 e. The van der Waals surface area contributed by atoms with Gasteiger partial charge >= 0.3 is 5.97 Å². The average Bonchev–Trinajstić information content (AvgIpc) is 2.99. The zero-order valence-electron chi connectivity index (χ0n) is 17.7. The molecule has 0 spiro atoms. The van der Waals surface area contributed by atoms with Crippen LogP contribution in [0, 0.1) is 46.3 Å². The van der Waals surface area contributed by atoms with Crippen LogP contribution in [0.15, 0.2) is 11.1 Å². The maximum absolute atomic E-state index is 12.4. The maximum atomic E-state index is 12.4. The van der Waals surface area contributed by atoms with Gasteiger partial charge in [-0.2, -0.15) is 5.26 Å². The van der Waals surface area contributed by atoms with E-state index in [1.54, 1.807) is 6.92 Å². The minimum Gasteiger partial charge on any atom is -0.462 e. The molecule has 4 aliphatic carbocycles. The molecule has 4 fully saturated rings. The Morgan fingerprint density at radius 3 is 2.61 bits per heavy atom. The summed E-state index contributed by atoms with van der Waals surface area (Å²) >= 11 is 0. The molecule has 4 heteroatoms. The largest absolute Gasteiger partial charge is 0.462 e. The topological polar surface area (TPSA) is 70.3 Å². The Kier molecular flexibility index (Phi) is 5.11. The highest BCUT2D eigenvalue weighted by molar-refractivity contribution is 5.94. The van der Waals surface area contributed by atoms with Crippen LogP contribution in [0.3, 0.4) is 0 Å². The van der Waals surface area contributed by atoms with Crippen molar-refractivity contribution in [1.29, 1.82) is 5.26 Å². The van der Waals surface area contributed by atoms with Crippen LogP contribution in [0.2, 0.25) is 0 Å². The molecule has 4 nitrogen and oxygen atoms in total. The van der Waals surface area contributed by atoms with E-state index in [1.807, 2.05) is 6.92 Å². The molecule has 0 aromatic carbocycles. The van der Waals surface area contributed by atoms with Crippen molar-refractivity contribution in [2.45, 2.75) is 84.2 Å². The molecule has 28 heavy (non-hydrogen) atoms. The molecule has 0 bridgehead atoms. The summed E-state index contributed by atoms with van der Waals surface area (Å²) in [6.45, 7) is 6.43. The number of ether oxygens (including phenoxy) is 1. The van der Waals surface area contributed by atoms with Crippen molar-refractivity contribution in [3.05, 3.63) is 11.1 Å². The minimum absolute atomic E-state index is 0.0218. The van der Waals surface area contributed by atoms with E-state index < -0.39 is 11.6 Å². The van der Waals surface area contributed by atoms with Gasteiger partial charge in [0.15, 0.2) is 0 Å². The molecule has 0 heterocycles. The molecule has 0 saturated heterocycles. The second kappa shape index (κ2) is 7.17. The Balaban J connectivity index is 1.59. The van der Waals surface area contributed by atoms with Gasteiger partial charge in [-0.1, -0.05) is 6.92 Å². The predicted octanol–water partition coefficient (Wildman–Crippen LogP) is 4.77. The van der Waals surface area contributed by atoms with E-state index in [0.717, 1.165) is 55.9 Å². The number of nitrogens with zero attached hydrogens (tertiary/aromatic N) is 1. The van der Waals surface area contributed by atoms with E-state index in [2.05, 4.69) is 13.0 Å². The summed E-state index contributed by atoms with van der Waals surface area (Å²) in [5.41, 5.74) is 0.867. The van der Waals surface area contributed by atoms with Gasteiger partial charge in [0.2, 0.25) is 0 Å². The Morgan fingerprint density at radius 1 is 1.14 bits per heavy atom. The van der Waals surface area contributed by atoms with E-state index >= 15 is 0 Å². The van der Waals surface area contributed by atoms with Crippen molar-refractivity contribution in [1.82, 2.24) is 0 Å². The molecule has 0 aromatic heterocycles. The van der Waals surface area contributed by atoms with Gasteiger partial charge in [-0.3, -0.25) is 0 Å². The van der Waals surface area contributed by atoms with Crippen LogP contribution in [-0.2, 0) is 9.53 Å². The molecule has 0 aliphatic heterocycles. The first-order valence-electron chi connectivity index (χ1n) is 11.3. The van der Waals surface area contributed by atoms with Gasteiger partial charge in [-0.05, 0) is 112 Å². The Hall–Kier alpha value is -1.34. The van der Waals surface area contributed by atoms with Crippen molar-refractivity contribution < 1.29 is 14.6 Å². The summed E-state index contributed by atoms with van der Waals surface area (Å²) in [5.74, 6) is 3.07. The number of fused-ring (bicyclic) bond motifs is 5. The zero-order valence-corrected chi connectivity index (χ0v) is 17.7. The fourth-order valence-electron chi connectivity index (χ4n) is 7.74. The Labute approximate surface area is 169 Å². The van der Waals surface area contributed by atoms with Crippen LogP contribution < -0.4 is 0 Å². The number of hydrogen-bond acceptors (Lipinski definition) is 4. The van der Waals surface area contributed by atoms with Gasteiger partial charge in [0.25, 0.3) is 0 Å². The second-order valence-electron chi connectivity index (χ2n) is 10.4. The smallest absolute Gasteiger partial charge is 0.348 e. The average molecular weight is 386 g/mol. The summed E-state index contributed by atoms with van der Waals surface area (Å²) in [6.07, 6.45) is 9.80. The molecule has 1 N–H and O–H groups in total. The van der Waals surface area contributed by atoms with E-state index in [9.17, 15) is 15.2 Å². The number of allylic oxidation sites excluding steroid dienone is 1. The monoisotopic (exact) mass is 385 g/mol. The van der Waals surface area contributed by atoms with E-state index in [-0.39, 0.29) is 11.0 Å². The number of carbonyl (C=O) groups is 1. The molecule has 7 atom stereocenters. The number of esters is 1. The summed E-state index contributed by atoms with van der Waals surface area (Å²) in [6, 6.07) is 2.19. The van der Waals surface area contributed by atoms with Crippen LogP contribution in [0.5, 0.6) is 0 Å². The fourth-order valence-corrected chi connectivity index (χ4v) is 7.74. The van der Waals surface area contributed by atoms with Crippen molar-refractivity contribution in [2.75, 3.05) is 6.61 Å². The van der Waals surface area contributed by atoms with Gasteiger partial charge in [-0.15, -0.1) is 0 Å². The first-order chi connectivity index (χ1) is 13.3. The molecular formula is C24H35NO3. The van der Waals surface area contributed by atoms with Gasteiger partial charge in [0, 0.05) is 0 Å². The van der Waals surface area contributed by atoms with Crippen molar-refractivity contribution in [3.63, 3.8) is 0 Å². The molecule has 154 valence electrons. The number of carbonyl (C=O) groups excluding carboxylic acids is 1. The van der Waals surface area contributed by atoms with Crippen LogP contribution in [-0.4, -0.2) is 23.3 Å². The van der Waals surface area contributed by atoms with Gasteiger partial charge in [0.05, 0.1) is 12.2 Å². The number of aliphatic hydroxyl groups is 1. The van der Waals surface area contributed by atoms with Crippen LogP contribution in [0.1, 0.15) is 78.6 Å². The zero-order chi connectivity index (χ0) is 20.1. The first-order valence-corrected chi connectivity index (χ1v) is 11.3. The molecule has 4 saturated carbocycles. The Bertz CT molecular complexity index is 718. The van der Waals surface area contributed by atoms with Crippen LogP contribution >= 0.6 is 0 Å². The van der Waals surface area contributed by atoms with Gasteiger partial charge < -0.3 is 9.84 Å².